The molecule has 0 aliphatic heterocycles. The van der Waals surface area contributed by atoms with Gasteiger partial charge in [-0.15, -0.1) is 0 Å². The fourth-order valence-electron chi connectivity index (χ4n) is 3.67. The summed E-state index contributed by atoms with van der Waals surface area (Å²) in [6.07, 6.45) is 2.01. The van der Waals surface area contributed by atoms with E-state index in [2.05, 4.69) is 5.32 Å². The number of aromatic nitrogens is 2. The van der Waals surface area contributed by atoms with Gasteiger partial charge in [-0.3, -0.25) is 4.79 Å². The number of aryl methyl sites for hydroxylation is 3. The number of anilines is 1. The molecule has 164 valence electrons. The number of ether oxygens (including phenoxy) is 1. The first-order valence-corrected chi connectivity index (χ1v) is 10.5. The number of benzene rings is 2. The molecule has 5 nitrogen and oxygen atoms in total. The van der Waals surface area contributed by atoms with E-state index >= 15 is 0 Å². The van der Waals surface area contributed by atoms with E-state index in [-0.39, 0.29) is 18.1 Å². The zero-order valence-electron chi connectivity index (χ0n) is 18.3. The highest BCUT2D eigenvalue weighted by Crippen LogP contribution is 2.32. The summed E-state index contributed by atoms with van der Waals surface area (Å²) in [6, 6.07) is 12.2. The van der Waals surface area contributed by atoms with E-state index in [1.807, 2.05) is 36.6 Å². The zero-order valence-corrected chi connectivity index (χ0v) is 19.0. The van der Waals surface area contributed by atoms with Crippen molar-refractivity contribution in [1.82, 2.24) is 9.38 Å². The maximum absolute atomic E-state index is 13.8. The van der Waals surface area contributed by atoms with Gasteiger partial charge in [-0.25, -0.2) is 9.37 Å². The van der Waals surface area contributed by atoms with Crippen molar-refractivity contribution in [2.75, 3.05) is 12.4 Å². The molecule has 32 heavy (non-hydrogen) atoms. The van der Waals surface area contributed by atoms with Gasteiger partial charge in [-0.05, 0) is 67.8 Å². The normalized spacial score (nSPS) is 11.1. The molecular weight excluding hydrogens is 429 g/mol. The van der Waals surface area contributed by atoms with Crippen molar-refractivity contribution in [2.24, 2.45) is 0 Å². The molecule has 0 fully saturated rings. The highest BCUT2D eigenvalue weighted by atomic mass is 35.5. The molecule has 1 N–H and O–H groups in total. The van der Waals surface area contributed by atoms with Crippen LogP contribution in [0.1, 0.15) is 22.4 Å². The molecule has 0 saturated carbocycles. The Labute approximate surface area is 190 Å². The van der Waals surface area contributed by atoms with E-state index in [9.17, 15) is 9.18 Å². The molecule has 0 atom stereocenters. The number of carbonyl (C=O) groups excluding carboxylic acids is 1. The smallest absolute Gasteiger partial charge is 0.230 e. The lowest BCUT2D eigenvalue weighted by Gasteiger charge is -2.13. The minimum absolute atomic E-state index is 0.0706. The number of imidazole rings is 1. The van der Waals surface area contributed by atoms with Crippen LogP contribution in [-0.2, 0) is 11.2 Å². The lowest BCUT2D eigenvalue weighted by molar-refractivity contribution is -0.115. The molecule has 0 bridgehead atoms. The number of amides is 1. The maximum Gasteiger partial charge on any atom is 0.230 e. The summed E-state index contributed by atoms with van der Waals surface area (Å²) in [5, 5.41) is 3.48. The number of methoxy groups -OCH3 is 1. The average Bonchev–Trinajstić information content (AvgIpc) is 3.10. The van der Waals surface area contributed by atoms with E-state index in [1.54, 1.807) is 31.2 Å². The number of carbonyl (C=O) groups is 1. The standard InChI is InChI=1S/C25H23ClFN3O2/c1-14-5-8-23-29-25(17-6-7-19(27)16(3)9-17)21(30(23)13-14)12-24(31)28-20-10-15(2)18(26)11-22(20)32-4/h5-11,13H,12H2,1-4H3,(H,28,31). The number of nitrogens with zero attached hydrogens (tertiary/aromatic N) is 2. The Morgan fingerprint density at radius 1 is 1.12 bits per heavy atom. The molecule has 2 aromatic heterocycles. The van der Waals surface area contributed by atoms with Gasteiger partial charge in [0.2, 0.25) is 5.91 Å². The van der Waals surface area contributed by atoms with Gasteiger partial charge >= 0.3 is 0 Å². The van der Waals surface area contributed by atoms with Crippen LogP contribution in [0.2, 0.25) is 5.02 Å². The largest absolute Gasteiger partial charge is 0.495 e. The van der Waals surface area contributed by atoms with Crippen molar-refractivity contribution in [3.8, 4) is 17.0 Å². The first kappa shape index (κ1) is 21.8. The summed E-state index contributed by atoms with van der Waals surface area (Å²) in [4.78, 5) is 17.8. The SMILES string of the molecule is COc1cc(Cl)c(C)cc1NC(=O)Cc1c(-c2ccc(F)c(C)c2)nc2ccc(C)cn12. The highest BCUT2D eigenvalue weighted by molar-refractivity contribution is 6.31. The zero-order chi connectivity index (χ0) is 23.0. The lowest BCUT2D eigenvalue weighted by Crippen LogP contribution is -2.17. The van der Waals surface area contributed by atoms with Crippen LogP contribution in [0.4, 0.5) is 10.1 Å². The van der Waals surface area contributed by atoms with Crippen molar-refractivity contribution in [3.63, 3.8) is 0 Å². The van der Waals surface area contributed by atoms with Crippen LogP contribution in [0.15, 0.2) is 48.7 Å². The van der Waals surface area contributed by atoms with Crippen LogP contribution in [0, 0.1) is 26.6 Å². The summed E-state index contributed by atoms with van der Waals surface area (Å²) in [5.74, 6) is -0.0245. The molecule has 2 heterocycles. The summed E-state index contributed by atoms with van der Waals surface area (Å²) in [5.41, 5.74) is 5.77. The van der Waals surface area contributed by atoms with Crippen molar-refractivity contribution in [3.05, 3.63) is 81.9 Å². The molecule has 4 rings (SSSR count). The molecule has 7 heteroatoms. The van der Waals surface area contributed by atoms with Gasteiger partial charge in [0.1, 0.15) is 17.2 Å². The summed E-state index contributed by atoms with van der Waals surface area (Å²) in [7, 11) is 1.53. The second kappa shape index (κ2) is 8.63. The fourth-order valence-corrected chi connectivity index (χ4v) is 3.82. The van der Waals surface area contributed by atoms with Crippen molar-refractivity contribution in [1.29, 1.82) is 0 Å². The molecule has 0 aliphatic rings. The van der Waals surface area contributed by atoms with Gasteiger partial charge < -0.3 is 14.5 Å². The number of fused-ring (bicyclic) bond motifs is 1. The van der Waals surface area contributed by atoms with Crippen molar-refractivity contribution in [2.45, 2.75) is 27.2 Å². The molecule has 0 saturated heterocycles. The quantitative estimate of drug-likeness (QED) is 0.410. The van der Waals surface area contributed by atoms with E-state index in [1.165, 1.54) is 13.2 Å². The first-order valence-electron chi connectivity index (χ1n) is 10.1. The average molecular weight is 452 g/mol. The van der Waals surface area contributed by atoms with E-state index in [0.717, 1.165) is 28.0 Å². The number of nitrogens with one attached hydrogen (secondary N) is 1. The van der Waals surface area contributed by atoms with Gasteiger partial charge in [0.15, 0.2) is 0 Å². The lowest BCUT2D eigenvalue weighted by atomic mass is 10.1. The number of hydrogen-bond donors (Lipinski definition) is 1. The molecule has 0 aliphatic carbocycles. The Kier molecular flexibility index (Phi) is 5.89. The second-order valence-corrected chi connectivity index (χ2v) is 8.24. The summed E-state index contributed by atoms with van der Waals surface area (Å²) < 4.78 is 21.1. The Morgan fingerprint density at radius 3 is 2.62 bits per heavy atom. The molecule has 0 spiro atoms. The molecule has 0 radical (unpaired) electrons. The monoisotopic (exact) mass is 451 g/mol. The third-order valence-corrected chi connectivity index (χ3v) is 5.79. The molecule has 4 aromatic rings. The van der Waals surface area contributed by atoms with E-state index in [0.29, 0.717) is 27.7 Å². The van der Waals surface area contributed by atoms with Gasteiger partial charge in [-0.1, -0.05) is 17.7 Å². The Bertz CT molecular complexity index is 1350. The predicted octanol–water partition coefficient (Wildman–Crippen LogP) is 5.91. The van der Waals surface area contributed by atoms with Crippen LogP contribution in [-0.4, -0.2) is 22.4 Å². The maximum atomic E-state index is 13.8. The summed E-state index contributed by atoms with van der Waals surface area (Å²) >= 11 is 6.18. The number of hydrogen-bond acceptors (Lipinski definition) is 3. The Balaban J connectivity index is 1.75. The molecule has 2 aromatic carbocycles. The Morgan fingerprint density at radius 2 is 1.91 bits per heavy atom. The first-order chi connectivity index (χ1) is 15.3. The van der Waals surface area contributed by atoms with E-state index < -0.39 is 0 Å². The van der Waals surface area contributed by atoms with Gasteiger partial charge in [-0.2, -0.15) is 0 Å². The highest BCUT2D eigenvalue weighted by Gasteiger charge is 2.19. The number of pyridine rings is 1. The van der Waals surface area contributed by atoms with E-state index in [4.69, 9.17) is 21.3 Å². The molecular formula is C25H23ClFN3O2. The minimum Gasteiger partial charge on any atom is -0.495 e. The van der Waals surface area contributed by atoms with Gasteiger partial charge in [0, 0.05) is 22.8 Å². The second-order valence-electron chi connectivity index (χ2n) is 7.83. The third-order valence-electron chi connectivity index (χ3n) is 5.38. The van der Waals surface area contributed by atoms with Crippen LogP contribution < -0.4 is 10.1 Å². The molecule has 1 amide bonds. The van der Waals surface area contributed by atoms with Gasteiger partial charge in [0.25, 0.3) is 0 Å². The fraction of sp³-hybridized carbons (Fsp3) is 0.200. The van der Waals surface area contributed by atoms with Crippen LogP contribution in [0.5, 0.6) is 5.75 Å². The van der Waals surface area contributed by atoms with Crippen LogP contribution in [0.3, 0.4) is 0 Å². The predicted molar refractivity (Wildman–Crippen MR) is 125 cm³/mol. The molecule has 0 unspecified atom stereocenters. The summed E-state index contributed by atoms with van der Waals surface area (Å²) in [6.45, 7) is 5.55. The minimum atomic E-state index is -0.280. The Hall–Kier alpha value is -3.38. The van der Waals surface area contributed by atoms with Crippen molar-refractivity contribution >= 4 is 28.8 Å². The van der Waals surface area contributed by atoms with Crippen LogP contribution in [0.25, 0.3) is 16.9 Å². The van der Waals surface area contributed by atoms with Gasteiger partial charge in [0.05, 0.1) is 30.6 Å². The van der Waals surface area contributed by atoms with Crippen molar-refractivity contribution < 1.29 is 13.9 Å². The topological polar surface area (TPSA) is 55.6 Å². The number of halogens is 2. The van der Waals surface area contributed by atoms with Crippen LogP contribution >= 0.6 is 11.6 Å². The third kappa shape index (κ3) is 4.18. The number of rotatable bonds is 5.